The van der Waals surface area contributed by atoms with E-state index in [1.807, 2.05) is 37.3 Å². The Labute approximate surface area is 184 Å². The van der Waals surface area contributed by atoms with Crippen LogP contribution < -0.4 is 15.4 Å². The average Bonchev–Trinajstić information content (AvgIpc) is 3.23. The lowest BCUT2D eigenvalue weighted by Gasteiger charge is -2.34. The predicted molar refractivity (Wildman–Crippen MR) is 119 cm³/mol. The van der Waals surface area contributed by atoms with E-state index >= 15 is 0 Å². The maximum absolute atomic E-state index is 12.6. The van der Waals surface area contributed by atoms with Gasteiger partial charge in [-0.2, -0.15) is 8.75 Å². The van der Waals surface area contributed by atoms with Crippen LogP contribution in [0.3, 0.4) is 0 Å². The highest BCUT2D eigenvalue weighted by Gasteiger charge is 2.31. The molecule has 3 aromatic rings. The van der Waals surface area contributed by atoms with Gasteiger partial charge in [-0.05, 0) is 41.8 Å². The standard InChI is InChI=1S/C22H25N5O3S/c1-14-9-16(4-6-20(14)30-2)13-27-8-7-23-22(29)19(27)11-21(28)24-12-15-3-5-17-18(10-15)26-31-25-17/h3-6,9-10,19H,7-8,11-13H2,1-2H3,(H,23,29)(H,24,28)/t19-/m1/s1. The van der Waals surface area contributed by atoms with Crippen LogP contribution in [-0.2, 0) is 22.7 Å². The fourth-order valence-electron chi connectivity index (χ4n) is 3.83. The molecule has 2 aromatic carbocycles. The van der Waals surface area contributed by atoms with Gasteiger partial charge in [0.05, 0.1) is 31.3 Å². The fourth-order valence-corrected chi connectivity index (χ4v) is 4.35. The number of hydrogen-bond donors (Lipinski definition) is 2. The summed E-state index contributed by atoms with van der Waals surface area (Å²) < 4.78 is 13.7. The first-order chi connectivity index (χ1) is 15.0. The highest BCUT2D eigenvalue weighted by Crippen LogP contribution is 2.21. The zero-order valence-electron chi connectivity index (χ0n) is 17.6. The molecule has 2 amide bonds. The van der Waals surface area contributed by atoms with Crippen LogP contribution >= 0.6 is 11.7 Å². The summed E-state index contributed by atoms with van der Waals surface area (Å²) in [6, 6.07) is 11.2. The highest BCUT2D eigenvalue weighted by atomic mass is 32.1. The molecule has 0 spiro atoms. The van der Waals surface area contributed by atoms with E-state index < -0.39 is 6.04 Å². The zero-order valence-corrected chi connectivity index (χ0v) is 18.4. The van der Waals surface area contributed by atoms with E-state index in [1.165, 1.54) is 11.7 Å². The topological polar surface area (TPSA) is 96.5 Å². The number of nitrogens with zero attached hydrogens (tertiary/aromatic N) is 3. The Morgan fingerprint density at radius 2 is 2.03 bits per heavy atom. The molecule has 0 aliphatic carbocycles. The van der Waals surface area contributed by atoms with E-state index in [2.05, 4.69) is 30.3 Å². The van der Waals surface area contributed by atoms with Gasteiger partial charge in [0.15, 0.2) is 0 Å². The molecule has 1 atom stereocenters. The maximum atomic E-state index is 12.6. The van der Waals surface area contributed by atoms with Gasteiger partial charge in [0, 0.05) is 26.2 Å². The molecule has 9 heteroatoms. The van der Waals surface area contributed by atoms with Gasteiger partial charge in [-0.15, -0.1) is 0 Å². The van der Waals surface area contributed by atoms with Gasteiger partial charge in [-0.3, -0.25) is 14.5 Å². The summed E-state index contributed by atoms with van der Waals surface area (Å²) in [6.07, 6.45) is 0.113. The van der Waals surface area contributed by atoms with Crippen molar-refractivity contribution in [2.24, 2.45) is 0 Å². The van der Waals surface area contributed by atoms with Crippen LogP contribution in [0.15, 0.2) is 36.4 Å². The normalized spacial score (nSPS) is 16.8. The van der Waals surface area contributed by atoms with Crippen molar-refractivity contribution in [1.29, 1.82) is 0 Å². The van der Waals surface area contributed by atoms with Crippen molar-refractivity contribution in [1.82, 2.24) is 24.3 Å². The number of carbonyl (C=O) groups is 2. The van der Waals surface area contributed by atoms with Crippen LogP contribution in [0.25, 0.3) is 11.0 Å². The maximum Gasteiger partial charge on any atom is 0.237 e. The summed E-state index contributed by atoms with van der Waals surface area (Å²) >= 11 is 1.17. The van der Waals surface area contributed by atoms with Crippen molar-refractivity contribution in [2.45, 2.75) is 32.5 Å². The van der Waals surface area contributed by atoms with Crippen LogP contribution in [0.4, 0.5) is 0 Å². The first-order valence-electron chi connectivity index (χ1n) is 10.2. The molecule has 4 rings (SSSR count). The largest absolute Gasteiger partial charge is 0.496 e. The second kappa shape index (κ2) is 9.40. The van der Waals surface area contributed by atoms with E-state index in [-0.39, 0.29) is 18.2 Å². The molecule has 1 aliphatic heterocycles. The third-order valence-electron chi connectivity index (χ3n) is 5.47. The minimum atomic E-state index is -0.499. The number of carbonyl (C=O) groups excluding carboxylic acids is 2. The number of rotatable bonds is 7. The summed E-state index contributed by atoms with van der Waals surface area (Å²) in [5.74, 6) is 0.568. The molecule has 0 radical (unpaired) electrons. The van der Waals surface area contributed by atoms with Crippen molar-refractivity contribution < 1.29 is 14.3 Å². The molecule has 2 heterocycles. The van der Waals surface area contributed by atoms with E-state index in [0.29, 0.717) is 26.2 Å². The molecular formula is C22H25N5O3S. The molecule has 162 valence electrons. The number of hydrogen-bond acceptors (Lipinski definition) is 7. The summed E-state index contributed by atoms with van der Waals surface area (Å²) in [4.78, 5) is 27.2. The lowest BCUT2D eigenvalue weighted by Crippen LogP contribution is -2.56. The van der Waals surface area contributed by atoms with Crippen LogP contribution in [0.1, 0.15) is 23.1 Å². The summed E-state index contributed by atoms with van der Waals surface area (Å²) in [6.45, 7) is 4.26. The van der Waals surface area contributed by atoms with E-state index in [4.69, 9.17) is 4.74 Å². The van der Waals surface area contributed by atoms with Gasteiger partial charge in [-0.25, -0.2) is 0 Å². The van der Waals surface area contributed by atoms with E-state index in [9.17, 15) is 9.59 Å². The van der Waals surface area contributed by atoms with Crippen LogP contribution in [0.2, 0.25) is 0 Å². The van der Waals surface area contributed by atoms with Gasteiger partial charge < -0.3 is 15.4 Å². The molecule has 31 heavy (non-hydrogen) atoms. The third kappa shape index (κ3) is 5.00. The van der Waals surface area contributed by atoms with Gasteiger partial charge >= 0.3 is 0 Å². The highest BCUT2D eigenvalue weighted by molar-refractivity contribution is 7.00. The molecule has 0 unspecified atom stereocenters. The zero-order chi connectivity index (χ0) is 21.8. The van der Waals surface area contributed by atoms with Crippen LogP contribution in [-0.4, -0.2) is 51.7 Å². The predicted octanol–water partition coefficient (Wildman–Crippen LogP) is 2.02. The number of aromatic nitrogens is 2. The molecule has 1 fully saturated rings. The number of aryl methyl sites for hydroxylation is 1. The molecule has 1 aliphatic rings. The van der Waals surface area contributed by atoms with Gasteiger partial charge in [0.25, 0.3) is 0 Å². The van der Waals surface area contributed by atoms with Gasteiger partial charge in [0.2, 0.25) is 11.8 Å². The number of piperazine rings is 1. The van der Waals surface area contributed by atoms with Crippen molar-refractivity contribution in [3.63, 3.8) is 0 Å². The SMILES string of the molecule is COc1ccc(CN2CCNC(=O)[C@H]2CC(=O)NCc2ccc3nsnc3c2)cc1C. The molecule has 0 saturated carbocycles. The van der Waals surface area contributed by atoms with Crippen LogP contribution in [0, 0.1) is 6.92 Å². The van der Waals surface area contributed by atoms with E-state index in [1.54, 1.807) is 7.11 Å². The Hall–Kier alpha value is -3.04. The Bertz CT molecular complexity index is 1100. The number of benzene rings is 2. The van der Waals surface area contributed by atoms with Crippen molar-refractivity contribution in [3.05, 3.63) is 53.1 Å². The monoisotopic (exact) mass is 439 g/mol. The molecule has 8 nitrogen and oxygen atoms in total. The van der Waals surface area contributed by atoms with Gasteiger partial charge in [-0.1, -0.05) is 18.2 Å². The lowest BCUT2D eigenvalue weighted by molar-refractivity contribution is -0.134. The summed E-state index contributed by atoms with van der Waals surface area (Å²) in [5.41, 5.74) is 4.76. The van der Waals surface area contributed by atoms with Crippen molar-refractivity contribution in [2.75, 3.05) is 20.2 Å². The second-order valence-corrected chi connectivity index (χ2v) is 8.18. The van der Waals surface area contributed by atoms with Crippen molar-refractivity contribution in [3.8, 4) is 5.75 Å². The Balaban J connectivity index is 1.38. The Kier molecular flexibility index (Phi) is 6.43. The first kappa shape index (κ1) is 21.2. The Morgan fingerprint density at radius 1 is 1.23 bits per heavy atom. The smallest absolute Gasteiger partial charge is 0.237 e. The summed E-state index contributed by atoms with van der Waals surface area (Å²) in [5, 5.41) is 5.80. The molecular weight excluding hydrogens is 414 g/mol. The number of nitrogens with one attached hydrogen (secondary N) is 2. The molecule has 0 bridgehead atoms. The number of methoxy groups -OCH3 is 1. The minimum Gasteiger partial charge on any atom is -0.496 e. The number of ether oxygens (including phenoxy) is 1. The number of amides is 2. The van der Waals surface area contributed by atoms with Gasteiger partial charge in [0.1, 0.15) is 16.8 Å². The summed E-state index contributed by atoms with van der Waals surface area (Å²) in [7, 11) is 1.65. The van der Waals surface area contributed by atoms with Crippen molar-refractivity contribution >= 4 is 34.6 Å². The third-order valence-corrected chi connectivity index (χ3v) is 6.03. The quantitative estimate of drug-likeness (QED) is 0.585. The number of fused-ring (bicyclic) bond motifs is 1. The fraction of sp³-hybridized carbons (Fsp3) is 0.364. The second-order valence-electron chi connectivity index (χ2n) is 7.65. The first-order valence-corrected chi connectivity index (χ1v) is 10.9. The molecule has 2 N–H and O–H groups in total. The van der Waals surface area contributed by atoms with Crippen LogP contribution in [0.5, 0.6) is 5.75 Å². The molecule has 1 aromatic heterocycles. The minimum absolute atomic E-state index is 0.110. The lowest BCUT2D eigenvalue weighted by atomic mass is 10.0. The molecule has 1 saturated heterocycles. The van der Waals surface area contributed by atoms with E-state index in [0.717, 1.165) is 33.5 Å². The Morgan fingerprint density at radius 3 is 2.84 bits per heavy atom. The average molecular weight is 440 g/mol.